The predicted molar refractivity (Wildman–Crippen MR) is 68.9 cm³/mol. The number of rotatable bonds is 2. The van der Waals surface area contributed by atoms with Crippen molar-refractivity contribution in [2.75, 3.05) is 13.1 Å². The molecule has 1 aliphatic heterocycles. The predicted octanol–water partition coefficient (Wildman–Crippen LogP) is 2.39. The largest absolute Gasteiger partial charge is 0.315 e. The standard InChI is InChI=1S/C14H17N3/c1-11-14(12-5-3-2-4-6-12)10-16-17(11)13-7-8-15-9-13/h2-6,10,13,15H,7-9H2,1H3. The second kappa shape index (κ2) is 4.34. The van der Waals surface area contributed by atoms with Crippen molar-refractivity contribution in [2.24, 2.45) is 0 Å². The van der Waals surface area contributed by atoms with Crippen molar-refractivity contribution >= 4 is 0 Å². The molecule has 1 aromatic carbocycles. The molecule has 1 atom stereocenters. The van der Waals surface area contributed by atoms with Crippen LogP contribution < -0.4 is 5.32 Å². The monoisotopic (exact) mass is 227 g/mol. The zero-order valence-electron chi connectivity index (χ0n) is 10.1. The zero-order valence-corrected chi connectivity index (χ0v) is 10.1. The van der Waals surface area contributed by atoms with Crippen LogP contribution in [0.15, 0.2) is 36.5 Å². The quantitative estimate of drug-likeness (QED) is 0.853. The van der Waals surface area contributed by atoms with E-state index in [9.17, 15) is 0 Å². The summed E-state index contributed by atoms with van der Waals surface area (Å²) in [6.45, 7) is 4.30. The van der Waals surface area contributed by atoms with Crippen LogP contribution in [0.4, 0.5) is 0 Å². The molecule has 3 heteroatoms. The van der Waals surface area contributed by atoms with Gasteiger partial charge in [0.25, 0.3) is 0 Å². The summed E-state index contributed by atoms with van der Waals surface area (Å²) in [6, 6.07) is 11.0. The van der Waals surface area contributed by atoms with Crippen LogP contribution in [0.2, 0.25) is 0 Å². The highest BCUT2D eigenvalue weighted by Gasteiger charge is 2.20. The van der Waals surface area contributed by atoms with E-state index in [-0.39, 0.29) is 0 Å². The Kier molecular flexibility index (Phi) is 2.69. The van der Waals surface area contributed by atoms with E-state index < -0.39 is 0 Å². The van der Waals surface area contributed by atoms with E-state index in [2.05, 4.69) is 46.3 Å². The molecule has 0 amide bonds. The Labute approximate surface area is 101 Å². The molecule has 0 spiro atoms. The number of nitrogens with zero attached hydrogens (tertiary/aromatic N) is 2. The molecule has 3 nitrogen and oxygen atoms in total. The Morgan fingerprint density at radius 3 is 2.82 bits per heavy atom. The first-order chi connectivity index (χ1) is 8.36. The molecule has 1 N–H and O–H groups in total. The molecule has 1 aliphatic rings. The molecule has 0 radical (unpaired) electrons. The van der Waals surface area contributed by atoms with Crippen LogP contribution in [0.25, 0.3) is 11.1 Å². The molecule has 2 heterocycles. The van der Waals surface area contributed by atoms with E-state index in [0.29, 0.717) is 6.04 Å². The SMILES string of the molecule is Cc1c(-c2ccccc2)cnn1C1CCNC1. The molecule has 1 fully saturated rings. The highest BCUT2D eigenvalue weighted by Crippen LogP contribution is 2.26. The fraction of sp³-hybridized carbons (Fsp3) is 0.357. The van der Waals surface area contributed by atoms with Gasteiger partial charge >= 0.3 is 0 Å². The highest BCUT2D eigenvalue weighted by molar-refractivity contribution is 5.64. The van der Waals surface area contributed by atoms with E-state index in [1.54, 1.807) is 0 Å². The minimum Gasteiger partial charge on any atom is -0.315 e. The van der Waals surface area contributed by atoms with Gasteiger partial charge in [-0.05, 0) is 25.5 Å². The van der Waals surface area contributed by atoms with Gasteiger partial charge in [0.05, 0.1) is 12.2 Å². The van der Waals surface area contributed by atoms with Gasteiger partial charge in [-0.1, -0.05) is 30.3 Å². The van der Waals surface area contributed by atoms with Gasteiger partial charge in [-0.25, -0.2) is 0 Å². The van der Waals surface area contributed by atoms with Crippen LogP contribution >= 0.6 is 0 Å². The van der Waals surface area contributed by atoms with Crippen molar-refractivity contribution in [3.05, 3.63) is 42.2 Å². The zero-order chi connectivity index (χ0) is 11.7. The summed E-state index contributed by atoms with van der Waals surface area (Å²) in [5, 5.41) is 7.94. The lowest BCUT2D eigenvalue weighted by Crippen LogP contribution is -2.15. The molecule has 0 saturated carbocycles. The van der Waals surface area contributed by atoms with Crippen molar-refractivity contribution < 1.29 is 0 Å². The smallest absolute Gasteiger partial charge is 0.0658 e. The fourth-order valence-electron chi connectivity index (χ4n) is 2.54. The Morgan fingerprint density at radius 1 is 1.29 bits per heavy atom. The fourth-order valence-corrected chi connectivity index (χ4v) is 2.54. The molecule has 1 unspecified atom stereocenters. The second-order valence-electron chi connectivity index (χ2n) is 4.60. The van der Waals surface area contributed by atoms with Gasteiger partial charge in [0.2, 0.25) is 0 Å². The molecule has 17 heavy (non-hydrogen) atoms. The van der Waals surface area contributed by atoms with E-state index in [1.807, 2.05) is 12.3 Å². The Balaban J connectivity index is 1.97. The van der Waals surface area contributed by atoms with Crippen LogP contribution in [0, 0.1) is 6.92 Å². The Bertz CT molecular complexity index is 495. The van der Waals surface area contributed by atoms with Gasteiger partial charge in [0.15, 0.2) is 0 Å². The maximum atomic E-state index is 4.55. The molecule has 88 valence electrons. The van der Waals surface area contributed by atoms with Crippen molar-refractivity contribution in [2.45, 2.75) is 19.4 Å². The number of aromatic nitrogens is 2. The molecule has 1 saturated heterocycles. The van der Waals surface area contributed by atoms with Crippen molar-refractivity contribution in [1.82, 2.24) is 15.1 Å². The summed E-state index contributed by atoms with van der Waals surface area (Å²) >= 11 is 0. The molecule has 0 bridgehead atoms. The second-order valence-corrected chi connectivity index (χ2v) is 4.60. The van der Waals surface area contributed by atoms with Gasteiger partial charge in [-0.3, -0.25) is 4.68 Å². The summed E-state index contributed by atoms with van der Waals surface area (Å²) in [6.07, 6.45) is 3.17. The topological polar surface area (TPSA) is 29.9 Å². The first kappa shape index (κ1) is 10.5. The lowest BCUT2D eigenvalue weighted by molar-refractivity contribution is 0.480. The van der Waals surface area contributed by atoms with E-state index in [0.717, 1.165) is 13.1 Å². The number of benzene rings is 1. The first-order valence-corrected chi connectivity index (χ1v) is 6.16. The summed E-state index contributed by atoms with van der Waals surface area (Å²) in [5.41, 5.74) is 3.77. The van der Waals surface area contributed by atoms with Crippen LogP contribution in [-0.2, 0) is 0 Å². The number of hydrogen-bond donors (Lipinski definition) is 1. The lowest BCUT2D eigenvalue weighted by Gasteiger charge is -2.12. The first-order valence-electron chi connectivity index (χ1n) is 6.16. The molecule has 2 aromatic rings. The Morgan fingerprint density at radius 2 is 2.12 bits per heavy atom. The van der Waals surface area contributed by atoms with Crippen molar-refractivity contribution in [3.8, 4) is 11.1 Å². The van der Waals surface area contributed by atoms with Crippen LogP contribution in [0.3, 0.4) is 0 Å². The average molecular weight is 227 g/mol. The summed E-state index contributed by atoms with van der Waals surface area (Å²) in [4.78, 5) is 0. The van der Waals surface area contributed by atoms with E-state index in [4.69, 9.17) is 0 Å². The average Bonchev–Trinajstić information content (AvgIpc) is 2.99. The van der Waals surface area contributed by atoms with Crippen LogP contribution in [0.5, 0.6) is 0 Å². The van der Waals surface area contributed by atoms with Gasteiger partial charge in [0, 0.05) is 17.8 Å². The van der Waals surface area contributed by atoms with Gasteiger partial charge < -0.3 is 5.32 Å². The van der Waals surface area contributed by atoms with E-state index in [1.165, 1.54) is 23.2 Å². The maximum absolute atomic E-state index is 4.55. The third-order valence-electron chi connectivity index (χ3n) is 3.51. The summed E-state index contributed by atoms with van der Waals surface area (Å²) < 4.78 is 2.17. The summed E-state index contributed by atoms with van der Waals surface area (Å²) in [5.74, 6) is 0. The molecular formula is C14H17N3. The maximum Gasteiger partial charge on any atom is 0.0658 e. The van der Waals surface area contributed by atoms with Crippen molar-refractivity contribution in [1.29, 1.82) is 0 Å². The van der Waals surface area contributed by atoms with Crippen LogP contribution in [0.1, 0.15) is 18.2 Å². The normalized spacial score (nSPS) is 19.7. The summed E-state index contributed by atoms with van der Waals surface area (Å²) in [7, 11) is 0. The van der Waals surface area contributed by atoms with Gasteiger partial charge in [-0.15, -0.1) is 0 Å². The van der Waals surface area contributed by atoms with E-state index >= 15 is 0 Å². The number of nitrogens with one attached hydrogen (secondary N) is 1. The minimum absolute atomic E-state index is 0.521. The number of hydrogen-bond acceptors (Lipinski definition) is 2. The van der Waals surface area contributed by atoms with Crippen LogP contribution in [-0.4, -0.2) is 22.9 Å². The van der Waals surface area contributed by atoms with Gasteiger partial charge in [-0.2, -0.15) is 5.10 Å². The molecule has 0 aliphatic carbocycles. The Hall–Kier alpha value is -1.61. The third-order valence-corrected chi connectivity index (χ3v) is 3.51. The highest BCUT2D eigenvalue weighted by atomic mass is 15.3. The lowest BCUT2D eigenvalue weighted by atomic mass is 10.1. The minimum atomic E-state index is 0.521. The van der Waals surface area contributed by atoms with Crippen molar-refractivity contribution in [3.63, 3.8) is 0 Å². The third kappa shape index (κ3) is 1.87. The molecular weight excluding hydrogens is 210 g/mol. The molecule has 3 rings (SSSR count). The van der Waals surface area contributed by atoms with Gasteiger partial charge in [0.1, 0.15) is 0 Å². The molecule has 1 aromatic heterocycles.